The van der Waals surface area contributed by atoms with Gasteiger partial charge in [-0.1, -0.05) is 0 Å². The SMILES string of the molecule is CCNC(=NCC1(CCOC)CC1)N1CCC(OCC2CCCCO2)CC1.I. The lowest BCUT2D eigenvalue weighted by Crippen LogP contribution is -2.47. The normalized spacial score (nSPS) is 25.3. The van der Waals surface area contributed by atoms with E-state index in [9.17, 15) is 0 Å². The number of guanidine groups is 1. The topological polar surface area (TPSA) is 55.3 Å². The molecule has 1 unspecified atom stereocenters. The van der Waals surface area contributed by atoms with Crippen LogP contribution in [0.1, 0.15) is 58.3 Å². The maximum absolute atomic E-state index is 6.15. The highest BCUT2D eigenvalue weighted by Gasteiger charge is 2.42. The van der Waals surface area contributed by atoms with Crippen molar-refractivity contribution in [3.05, 3.63) is 0 Å². The van der Waals surface area contributed by atoms with Crippen LogP contribution >= 0.6 is 24.0 Å². The fourth-order valence-electron chi connectivity index (χ4n) is 4.07. The summed E-state index contributed by atoms with van der Waals surface area (Å²) in [6, 6.07) is 0. The van der Waals surface area contributed by atoms with E-state index in [1.807, 2.05) is 0 Å². The van der Waals surface area contributed by atoms with Crippen LogP contribution in [0.5, 0.6) is 0 Å². The van der Waals surface area contributed by atoms with Crippen molar-refractivity contribution in [2.24, 2.45) is 10.4 Å². The number of ether oxygens (including phenoxy) is 3. The first-order valence-electron chi connectivity index (χ1n) is 11.0. The molecular formula is C21H40IN3O3. The fraction of sp³-hybridized carbons (Fsp3) is 0.952. The van der Waals surface area contributed by atoms with Gasteiger partial charge >= 0.3 is 0 Å². The molecule has 1 N–H and O–H groups in total. The summed E-state index contributed by atoms with van der Waals surface area (Å²) < 4.78 is 17.2. The van der Waals surface area contributed by atoms with Crippen LogP contribution in [0.3, 0.4) is 0 Å². The smallest absolute Gasteiger partial charge is 0.193 e. The number of halogens is 1. The van der Waals surface area contributed by atoms with Gasteiger partial charge in [-0.3, -0.25) is 4.99 Å². The average Bonchev–Trinajstić information content (AvgIpc) is 3.49. The van der Waals surface area contributed by atoms with Gasteiger partial charge in [0.2, 0.25) is 0 Å². The molecule has 7 heteroatoms. The molecule has 0 aromatic carbocycles. The minimum Gasteiger partial charge on any atom is -0.385 e. The average molecular weight is 509 g/mol. The Bertz CT molecular complexity index is 460. The number of nitrogens with zero attached hydrogens (tertiary/aromatic N) is 2. The Labute approximate surface area is 188 Å². The van der Waals surface area contributed by atoms with Gasteiger partial charge in [0.15, 0.2) is 5.96 Å². The number of rotatable bonds is 9. The molecule has 28 heavy (non-hydrogen) atoms. The number of piperidine rings is 1. The van der Waals surface area contributed by atoms with Gasteiger partial charge in [0.05, 0.1) is 18.8 Å². The Hall–Kier alpha value is -0.120. The predicted octanol–water partition coefficient (Wildman–Crippen LogP) is 3.44. The molecule has 6 nitrogen and oxygen atoms in total. The maximum Gasteiger partial charge on any atom is 0.193 e. The van der Waals surface area contributed by atoms with E-state index in [1.54, 1.807) is 7.11 Å². The lowest BCUT2D eigenvalue weighted by atomic mass is 10.0. The standard InChI is InChI=1S/C21H39N3O3.HI/c1-3-22-20(23-17-21(9-10-21)11-15-25-2)24-12-7-18(8-13-24)27-16-19-6-4-5-14-26-19;/h18-19H,3-17H2,1-2H3,(H,22,23);1H. The molecule has 1 aliphatic carbocycles. The van der Waals surface area contributed by atoms with Crippen molar-refractivity contribution >= 4 is 29.9 Å². The molecule has 0 amide bonds. The van der Waals surface area contributed by atoms with E-state index in [-0.39, 0.29) is 24.0 Å². The van der Waals surface area contributed by atoms with Crippen LogP contribution in [-0.2, 0) is 14.2 Å². The molecule has 3 aliphatic rings. The Balaban J connectivity index is 0.00000280. The first-order chi connectivity index (χ1) is 13.2. The van der Waals surface area contributed by atoms with Gasteiger partial charge in [0.25, 0.3) is 0 Å². The van der Waals surface area contributed by atoms with Crippen molar-refractivity contribution in [1.29, 1.82) is 0 Å². The molecule has 164 valence electrons. The highest BCUT2D eigenvalue weighted by atomic mass is 127. The van der Waals surface area contributed by atoms with E-state index in [0.717, 1.165) is 77.6 Å². The van der Waals surface area contributed by atoms with Gasteiger partial charge in [-0.15, -0.1) is 24.0 Å². The van der Waals surface area contributed by atoms with Crippen LogP contribution in [0.4, 0.5) is 0 Å². The van der Waals surface area contributed by atoms with E-state index < -0.39 is 0 Å². The third-order valence-corrected chi connectivity index (χ3v) is 6.23. The maximum atomic E-state index is 6.15. The van der Waals surface area contributed by atoms with Crippen LogP contribution in [0.15, 0.2) is 4.99 Å². The summed E-state index contributed by atoms with van der Waals surface area (Å²) >= 11 is 0. The van der Waals surface area contributed by atoms with Crippen molar-refractivity contribution in [2.45, 2.75) is 70.5 Å². The van der Waals surface area contributed by atoms with E-state index in [4.69, 9.17) is 19.2 Å². The van der Waals surface area contributed by atoms with Crippen LogP contribution in [0, 0.1) is 5.41 Å². The Morgan fingerprint density at radius 3 is 2.61 bits per heavy atom. The predicted molar refractivity (Wildman–Crippen MR) is 124 cm³/mol. The zero-order chi connectivity index (χ0) is 19.0. The number of hydrogen-bond acceptors (Lipinski definition) is 4. The van der Waals surface area contributed by atoms with Gasteiger partial charge in [0, 0.05) is 46.5 Å². The summed E-state index contributed by atoms with van der Waals surface area (Å²) in [7, 11) is 1.79. The fourth-order valence-corrected chi connectivity index (χ4v) is 4.07. The van der Waals surface area contributed by atoms with Crippen LogP contribution in [0.25, 0.3) is 0 Å². The molecular weight excluding hydrogens is 469 g/mol. The van der Waals surface area contributed by atoms with Crippen molar-refractivity contribution in [3.63, 3.8) is 0 Å². The summed E-state index contributed by atoms with van der Waals surface area (Å²) in [5.41, 5.74) is 0.401. The summed E-state index contributed by atoms with van der Waals surface area (Å²) in [5.74, 6) is 1.08. The summed E-state index contributed by atoms with van der Waals surface area (Å²) in [6.45, 7) is 8.54. The van der Waals surface area contributed by atoms with Gasteiger partial charge in [-0.25, -0.2) is 0 Å². The largest absolute Gasteiger partial charge is 0.385 e. The number of methoxy groups -OCH3 is 1. The van der Waals surface area contributed by atoms with Crippen molar-refractivity contribution < 1.29 is 14.2 Å². The Morgan fingerprint density at radius 2 is 2.00 bits per heavy atom. The molecule has 0 bridgehead atoms. The first-order valence-corrected chi connectivity index (χ1v) is 11.0. The second-order valence-electron chi connectivity index (χ2n) is 8.42. The molecule has 3 fully saturated rings. The number of likely N-dealkylation sites (tertiary alicyclic amines) is 1. The van der Waals surface area contributed by atoms with E-state index >= 15 is 0 Å². The number of hydrogen-bond donors (Lipinski definition) is 1. The van der Waals surface area contributed by atoms with E-state index in [2.05, 4.69) is 17.1 Å². The quantitative estimate of drug-likeness (QED) is 0.293. The summed E-state index contributed by atoms with van der Waals surface area (Å²) in [5, 5.41) is 3.49. The number of aliphatic imine (C=N–C) groups is 1. The molecule has 2 aliphatic heterocycles. The Morgan fingerprint density at radius 1 is 1.21 bits per heavy atom. The lowest BCUT2D eigenvalue weighted by Gasteiger charge is -2.35. The molecule has 1 saturated carbocycles. The van der Waals surface area contributed by atoms with Gasteiger partial charge in [0.1, 0.15) is 0 Å². The van der Waals surface area contributed by atoms with Gasteiger partial charge in [-0.05, 0) is 63.7 Å². The van der Waals surface area contributed by atoms with Gasteiger partial charge < -0.3 is 24.4 Å². The third kappa shape index (κ3) is 7.61. The second kappa shape index (κ2) is 12.5. The van der Waals surface area contributed by atoms with Crippen molar-refractivity contribution in [1.82, 2.24) is 10.2 Å². The summed E-state index contributed by atoms with van der Waals surface area (Å²) in [6.07, 6.45) is 10.2. The molecule has 2 saturated heterocycles. The van der Waals surface area contributed by atoms with Gasteiger partial charge in [-0.2, -0.15) is 0 Å². The number of nitrogens with one attached hydrogen (secondary N) is 1. The lowest BCUT2D eigenvalue weighted by molar-refractivity contribution is -0.0721. The zero-order valence-electron chi connectivity index (χ0n) is 17.8. The van der Waals surface area contributed by atoms with Crippen LogP contribution in [0.2, 0.25) is 0 Å². The minimum atomic E-state index is 0. The van der Waals surface area contributed by atoms with Crippen molar-refractivity contribution in [3.8, 4) is 0 Å². The van der Waals surface area contributed by atoms with Crippen LogP contribution in [-0.4, -0.2) is 76.2 Å². The first kappa shape index (κ1) is 24.2. The molecule has 0 radical (unpaired) electrons. The van der Waals surface area contributed by atoms with Crippen molar-refractivity contribution in [2.75, 3.05) is 53.1 Å². The molecule has 1 atom stereocenters. The monoisotopic (exact) mass is 509 g/mol. The molecule has 3 rings (SSSR count). The molecule has 0 aromatic rings. The van der Waals surface area contributed by atoms with E-state index in [1.165, 1.54) is 25.7 Å². The minimum absolute atomic E-state index is 0. The molecule has 0 spiro atoms. The van der Waals surface area contributed by atoms with Crippen LogP contribution < -0.4 is 5.32 Å². The highest BCUT2D eigenvalue weighted by Crippen LogP contribution is 2.49. The van der Waals surface area contributed by atoms with E-state index in [0.29, 0.717) is 17.6 Å². The zero-order valence-corrected chi connectivity index (χ0v) is 20.1. The molecule has 0 aromatic heterocycles. The third-order valence-electron chi connectivity index (χ3n) is 6.23. The molecule has 2 heterocycles. The Kier molecular flexibility index (Phi) is 10.8. The summed E-state index contributed by atoms with van der Waals surface area (Å²) in [4.78, 5) is 7.39. The highest BCUT2D eigenvalue weighted by molar-refractivity contribution is 14.0. The second-order valence-corrected chi connectivity index (χ2v) is 8.42.